The molecule has 2 nitrogen and oxygen atoms in total. The van der Waals surface area contributed by atoms with Gasteiger partial charge >= 0.3 is 0 Å². The van der Waals surface area contributed by atoms with Crippen LogP contribution in [0.1, 0.15) is 116 Å². The third-order valence-corrected chi connectivity index (χ3v) is 10.2. The summed E-state index contributed by atoms with van der Waals surface area (Å²) in [7, 11) is 0. The SMILES string of the molecule is CCCCCC1OCC(C2CCC(C3CCC(C4CCC(CC=C(F)F)CC4)CC3)CC2)CO1. The van der Waals surface area contributed by atoms with Gasteiger partial charge in [0.05, 0.1) is 13.2 Å². The number of unbranched alkanes of at least 4 members (excludes halogenated alkanes) is 2. The summed E-state index contributed by atoms with van der Waals surface area (Å²) in [4.78, 5) is 0. The number of halogens is 2. The average molecular weight is 481 g/mol. The molecule has 3 aliphatic carbocycles. The lowest BCUT2D eigenvalue weighted by molar-refractivity contribution is -0.213. The standard InChI is InChI=1S/C30H50F2O2/c1-2-3-4-5-30-33-20-28(21-34-30)27-17-15-26(16-18-27)25-13-11-24(12-14-25)23-9-6-22(7-10-23)8-19-29(31)32/h19,22-28,30H,2-18,20-21H2,1H3. The minimum Gasteiger partial charge on any atom is -0.352 e. The van der Waals surface area contributed by atoms with E-state index < -0.39 is 6.08 Å². The van der Waals surface area contributed by atoms with Gasteiger partial charge in [-0.05, 0) is 138 Å². The molecule has 0 aromatic heterocycles. The molecule has 4 rings (SSSR count). The van der Waals surface area contributed by atoms with Gasteiger partial charge < -0.3 is 9.47 Å². The average Bonchev–Trinajstić information content (AvgIpc) is 2.89. The summed E-state index contributed by atoms with van der Waals surface area (Å²) in [5.74, 6) is 5.59. The monoisotopic (exact) mass is 480 g/mol. The second kappa shape index (κ2) is 13.7. The Morgan fingerprint density at radius 3 is 1.53 bits per heavy atom. The summed E-state index contributed by atoms with van der Waals surface area (Å²) in [5.41, 5.74) is 0. The minimum absolute atomic E-state index is 0.0550. The fourth-order valence-corrected chi connectivity index (χ4v) is 7.88. The molecule has 0 amide bonds. The Morgan fingerprint density at radius 1 is 0.647 bits per heavy atom. The molecule has 0 radical (unpaired) electrons. The zero-order valence-corrected chi connectivity index (χ0v) is 21.7. The molecule has 4 fully saturated rings. The molecule has 0 N–H and O–H groups in total. The molecular weight excluding hydrogens is 430 g/mol. The lowest BCUT2D eigenvalue weighted by Gasteiger charge is -2.43. The second-order valence-corrected chi connectivity index (χ2v) is 12.2. The third-order valence-electron chi connectivity index (χ3n) is 10.2. The predicted molar refractivity (Wildman–Crippen MR) is 135 cm³/mol. The third kappa shape index (κ3) is 7.76. The van der Waals surface area contributed by atoms with Crippen LogP contribution in [0.25, 0.3) is 0 Å². The summed E-state index contributed by atoms with van der Waals surface area (Å²) < 4.78 is 36.9. The Bertz CT molecular complexity index is 587. The highest BCUT2D eigenvalue weighted by molar-refractivity contribution is 4.89. The van der Waals surface area contributed by atoms with Gasteiger partial charge in [-0.1, -0.05) is 19.8 Å². The van der Waals surface area contributed by atoms with Crippen LogP contribution in [0.5, 0.6) is 0 Å². The Hall–Kier alpha value is -0.480. The molecule has 0 aromatic carbocycles. The van der Waals surface area contributed by atoms with Crippen LogP contribution in [0, 0.1) is 41.4 Å². The minimum atomic E-state index is -1.50. The van der Waals surface area contributed by atoms with Crippen molar-refractivity contribution < 1.29 is 18.3 Å². The van der Waals surface area contributed by atoms with Gasteiger partial charge in [0.25, 0.3) is 6.08 Å². The number of ether oxygens (including phenoxy) is 2. The van der Waals surface area contributed by atoms with Crippen molar-refractivity contribution in [3.8, 4) is 0 Å². The summed E-state index contributed by atoms with van der Waals surface area (Å²) in [6, 6.07) is 0. The highest BCUT2D eigenvalue weighted by Gasteiger charge is 2.37. The van der Waals surface area contributed by atoms with E-state index in [4.69, 9.17) is 9.47 Å². The van der Waals surface area contributed by atoms with Crippen LogP contribution in [0.2, 0.25) is 0 Å². The van der Waals surface area contributed by atoms with Crippen LogP contribution in [-0.2, 0) is 9.47 Å². The number of allylic oxidation sites excluding steroid dienone is 1. The van der Waals surface area contributed by atoms with Crippen molar-refractivity contribution in [2.45, 2.75) is 122 Å². The van der Waals surface area contributed by atoms with Gasteiger partial charge in [-0.15, -0.1) is 0 Å². The molecule has 196 valence electrons. The van der Waals surface area contributed by atoms with E-state index in [1.165, 1.54) is 83.5 Å². The molecule has 0 bridgehead atoms. The first-order valence-corrected chi connectivity index (χ1v) is 14.9. The molecule has 0 spiro atoms. The molecule has 1 heterocycles. The molecule has 4 aliphatic rings. The van der Waals surface area contributed by atoms with Crippen LogP contribution >= 0.6 is 0 Å². The van der Waals surface area contributed by atoms with Crippen LogP contribution in [0.4, 0.5) is 8.78 Å². The summed E-state index contributed by atoms with van der Waals surface area (Å²) in [6.45, 7) is 4.07. The fourth-order valence-electron chi connectivity index (χ4n) is 7.88. The Balaban J connectivity index is 1.10. The van der Waals surface area contributed by atoms with E-state index in [1.54, 1.807) is 0 Å². The van der Waals surface area contributed by atoms with Crippen molar-refractivity contribution in [2.24, 2.45) is 41.4 Å². The van der Waals surface area contributed by atoms with Gasteiger partial charge in [0.15, 0.2) is 6.29 Å². The van der Waals surface area contributed by atoms with Crippen molar-refractivity contribution >= 4 is 0 Å². The van der Waals surface area contributed by atoms with E-state index in [0.717, 1.165) is 68.1 Å². The van der Waals surface area contributed by atoms with Crippen LogP contribution in [-0.4, -0.2) is 19.5 Å². The maximum Gasteiger partial charge on any atom is 0.266 e. The zero-order valence-electron chi connectivity index (χ0n) is 21.7. The van der Waals surface area contributed by atoms with Crippen LogP contribution < -0.4 is 0 Å². The number of hydrogen-bond acceptors (Lipinski definition) is 2. The van der Waals surface area contributed by atoms with Gasteiger partial charge in [0.2, 0.25) is 0 Å². The maximum atomic E-state index is 12.4. The summed E-state index contributed by atoms with van der Waals surface area (Å²) in [5, 5.41) is 0. The van der Waals surface area contributed by atoms with E-state index in [-0.39, 0.29) is 6.29 Å². The number of rotatable bonds is 9. The second-order valence-electron chi connectivity index (χ2n) is 12.2. The van der Waals surface area contributed by atoms with Crippen molar-refractivity contribution in [1.29, 1.82) is 0 Å². The zero-order chi connectivity index (χ0) is 23.8. The smallest absolute Gasteiger partial charge is 0.266 e. The largest absolute Gasteiger partial charge is 0.352 e. The van der Waals surface area contributed by atoms with Crippen molar-refractivity contribution in [1.82, 2.24) is 0 Å². The quantitative estimate of drug-likeness (QED) is 0.306. The molecule has 3 saturated carbocycles. The number of hydrogen-bond donors (Lipinski definition) is 0. The van der Waals surface area contributed by atoms with Crippen molar-refractivity contribution in [2.75, 3.05) is 13.2 Å². The summed E-state index contributed by atoms with van der Waals surface area (Å²) in [6.07, 6.45) is 21.3. The first kappa shape index (κ1) is 26.6. The van der Waals surface area contributed by atoms with E-state index >= 15 is 0 Å². The van der Waals surface area contributed by atoms with Crippen molar-refractivity contribution in [3.05, 3.63) is 12.2 Å². The van der Waals surface area contributed by atoms with Crippen molar-refractivity contribution in [3.63, 3.8) is 0 Å². The van der Waals surface area contributed by atoms with Crippen LogP contribution in [0.15, 0.2) is 12.2 Å². The maximum absolute atomic E-state index is 12.4. The Labute approximate surface area is 207 Å². The van der Waals surface area contributed by atoms with Crippen LogP contribution in [0.3, 0.4) is 0 Å². The van der Waals surface area contributed by atoms with Gasteiger partial charge in [-0.2, -0.15) is 8.78 Å². The van der Waals surface area contributed by atoms with Gasteiger partial charge in [-0.25, -0.2) is 0 Å². The lowest BCUT2D eigenvalue weighted by Crippen LogP contribution is -2.38. The Kier molecular flexibility index (Phi) is 10.7. The topological polar surface area (TPSA) is 18.5 Å². The highest BCUT2D eigenvalue weighted by Crippen LogP contribution is 2.47. The van der Waals surface area contributed by atoms with E-state index in [1.807, 2.05) is 0 Å². The van der Waals surface area contributed by atoms with Gasteiger partial charge in [0, 0.05) is 5.92 Å². The molecule has 0 unspecified atom stereocenters. The molecule has 0 aromatic rings. The fraction of sp³-hybridized carbons (Fsp3) is 0.933. The molecule has 0 atom stereocenters. The first-order chi connectivity index (χ1) is 16.6. The van der Waals surface area contributed by atoms with E-state index in [2.05, 4.69) is 6.92 Å². The van der Waals surface area contributed by atoms with E-state index in [0.29, 0.717) is 18.3 Å². The molecule has 34 heavy (non-hydrogen) atoms. The normalized spacial score (nSPS) is 39.5. The molecular formula is C30H50F2O2. The molecule has 1 aliphatic heterocycles. The predicted octanol–water partition coefficient (Wildman–Crippen LogP) is 9.15. The molecule has 1 saturated heterocycles. The first-order valence-electron chi connectivity index (χ1n) is 14.9. The lowest BCUT2D eigenvalue weighted by atomic mass is 9.64. The van der Waals surface area contributed by atoms with Gasteiger partial charge in [-0.3, -0.25) is 0 Å². The molecule has 4 heteroatoms. The Morgan fingerprint density at radius 2 is 1.09 bits per heavy atom. The summed E-state index contributed by atoms with van der Waals surface area (Å²) >= 11 is 0. The van der Waals surface area contributed by atoms with E-state index in [9.17, 15) is 8.78 Å². The van der Waals surface area contributed by atoms with Gasteiger partial charge in [0.1, 0.15) is 0 Å². The highest BCUT2D eigenvalue weighted by atomic mass is 19.3.